The number of aryl methyl sites for hydroxylation is 1. The monoisotopic (exact) mass is 303 g/mol. The Bertz CT molecular complexity index is 607. The fourth-order valence-electron chi connectivity index (χ4n) is 2.54. The average Bonchev–Trinajstić information content (AvgIpc) is 3.02. The Morgan fingerprint density at radius 1 is 1.36 bits per heavy atom. The maximum Gasteiger partial charge on any atom is 0.342 e. The lowest BCUT2D eigenvalue weighted by atomic mass is 10.1. The van der Waals surface area contributed by atoms with Gasteiger partial charge >= 0.3 is 5.97 Å². The number of aromatic hydroxyl groups is 1. The highest BCUT2D eigenvalue weighted by Crippen LogP contribution is 2.22. The van der Waals surface area contributed by atoms with Gasteiger partial charge in [-0.05, 0) is 45.2 Å². The van der Waals surface area contributed by atoms with Gasteiger partial charge in [-0.1, -0.05) is 17.7 Å². The third kappa shape index (κ3) is 3.67. The van der Waals surface area contributed by atoms with Crippen molar-refractivity contribution in [2.75, 3.05) is 13.2 Å². The summed E-state index contributed by atoms with van der Waals surface area (Å²) in [5, 5.41) is 9.69. The summed E-state index contributed by atoms with van der Waals surface area (Å²) in [6.45, 7) is 3.94. The highest BCUT2D eigenvalue weighted by molar-refractivity contribution is 5.94. The Morgan fingerprint density at radius 2 is 2.14 bits per heavy atom. The van der Waals surface area contributed by atoms with Crippen molar-refractivity contribution in [3.05, 3.63) is 41.1 Å². The van der Waals surface area contributed by atoms with Crippen LogP contribution in [0.25, 0.3) is 0 Å². The van der Waals surface area contributed by atoms with Crippen LogP contribution in [0.5, 0.6) is 5.75 Å². The van der Waals surface area contributed by atoms with E-state index in [0.29, 0.717) is 6.54 Å². The van der Waals surface area contributed by atoms with E-state index >= 15 is 0 Å². The number of allylic oxidation sites excluding steroid dienone is 2. The fourth-order valence-corrected chi connectivity index (χ4v) is 2.54. The van der Waals surface area contributed by atoms with Crippen molar-refractivity contribution in [1.29, 1.82) is 0 Å². The number of hydrogen-bond acceptors (Lipinski definition) is 4. The van der Waals surface area contributed by atoms with Gasteiger partial charge in [-0.15, -0.1) is 0 Å². The van der Waals surface area contributed by atoms with Crippen molar-refractivity contribution >= 4 is 11.9 Å². The van der Waals surface area contributed by atoms with E-state index in [9.17, 15) is 14.7 Å². The first-order valence-electron chi connectivity index (χ1n) is 7.49. The van der Waals surface area contributed by atoms with Crippen LogP contribution in [-0.2, 0) is 9.53 Å². The summed E-state index contributed by atoms with van der Waals surface area (Å²) < 4.78 is 5.05. The lowest BCUT2D eigenvalue weighted by molar-refractivity contribution is -0.132. The number of hydrogen-bond donors (Lipinski definition) is 1. The van der Waals surface area contributed by atoms with E-state index < -0.39 is 5.97 Å². The number of carbonyl (C=O) groups excluding carboxylic acids is 2. The van der Waals surface area contributed by atoms with Gasteiger partial charge in [0.15, 0.2) is 6.61 Å². The molecule has 0 heterocycles. The molecule has 0 saturated heterocycles. The molecule has 22 heavy (non-hydrogen) atoms. The molecule has 1 N–H and O–H groups in total. The molecule has 0 bridgehead atoms. The molecular formula is C17H21NO4. The van der Waals surface area contributed by atoms with Gasteiger partial charge in [-0.25, -0.2) is 4.79 Å². The topological polar surface area (TPSA) is 66.8 Å². The number of ether oxygens (including phenoxy) is 1. The molecule has 0 fully saturated rings. The summed E-state index contributed by atoms with van der Waals surface area (Å²) >= 11 is 0. The van der Waals surface area contributed by atoms with Gasteiger partial charge < -0.3 is 14.7 Å². The van der Waals surface area contributed by atoms with Crippen LogP contribution in [0.4, 0.5) is 0 Å². The first-order chi connectivity index (χ1) is 10.5. The molecular weight excluding hydrogens is 282 g/mol. The zero-order chi connectivity index (χ0) is 16.1. The quantitative estimate of drug-likeness (QED) is 0.849. The number of phenols is 1. The van der Waals surface area contributed by atoms with Crippen LogP contribution in [0.3, 0.4) is 0 Å². The van der Waals surface area contributed by atoms with Crippen LogP contribution in [-0.4, -0.2) is 35.0 Å². The zero-order valence-corrected chi connectivity index (χ0v) is 13.0. The third-order valence-electron chi connectivity index (χ3n) is 3.68. The highest BCUT2D eigenvalue weighted by atomic mass is 16.5. The van der Waals surface area contributed by atoms with Crippen LogP contribution >= 0.6 is 0 Å². The lowest BCUT2D eigenvalue weighted by Gasteiger charge is -2.22. The molecule has 1 aromatic rings. The van der Waals surface area contributed by atoms with Crippen molar-refractivity contribution < 1.29 is 19.4 Å². The summed E-state index contributed by atoms with van der Waals surface area (Å²) in [5.41, 5.74) is 1.92. The largest absolute Gasteiger partial charge is 0.507 e. The summed E-state index contributed by atoms with van der Waals surface area (Å²) in [5.74, 6) is -1.07. The molecule has 1 aromatic carbocycles. The molecule has 0 aliphatic heterocycles. The molecule has 0 radical (unpaired) electrons. The average molecular weight is 303 g/mol. The minimum Gasteiger partial charge on any atom is -0.507 e. The van der Waals surface area contributed by atoms with Crippen molar-refractivity contribution in [2.45, 2.75) is 33.1 Å². The summed E-state index contributed by atoms with van der Waals surface area (Å²) in [7, 11) is 0. The summed E-state index contributed by atoms with van der Waals surface area (Å²) in [6, 6.07) is 4.68. The number of esters is 1. The second-order valence-electron chi connectivity index (χ2n) is 5.32. The Hall–Kier alpha value is -2.30. The van der Waals surface area contributed by atoms with Crippen LogP contribution in [0.1, 0.15) is 42.1 Å². The van der Waals surface area contributed by atoms with Gasteiger partial charge in [0.25, 0.3) is 5.91 Å². The first kappa shape index (κ1) is 16.1. The SMILES string of the molecule is CCN(C(=O)COC(=O)c1cc(C)ccc1O)C1=CCCC1. The number of likely N-dealkylation sites (N-methyl/N-ethyl adjacent to an activating group) is 1. The Labute approximate surface area is 130 Å². The van der Waals surface area contributed by atoms with Crippen LogP contribution in [0, 0.1) is 6.92 Å². The predicted molar refractivity (Wildman–Crippen MR) is 82.4 cm³/mol. The highest BCUT2D eigenvalue weighted by Gasteiger charge is 2.21. The molecule has 0 saturated carbocycles. The molecule has 0 atom stereocenters. The second kappa shape index (κ2) is 7.11. The minimum absolute atomic E-state index is 0.0796. The van der Waals surface area contributed by atoms with E-state index in [0.717, 1.165) is 30.5 Å². The van der Waals surface area contributed by atoms with Crippen molar-refractivity contribution in [1.82, 2.24) is 4.90 Å². The molecule has 1 aliphatic rings. The molecule has 0 spiro atoms. The molecule has 0 unspecified atom stereocenters. The molecule has 2 rings (SSSR count). The Morgan fingerprint density at radius 3 is 2.77 bits per heavy atom. The van der Waals surface area contributed by atoms with Crippen LogP contribution in [0.2, 0.25) is 0 Å². The second-order valence-corrected chi connectivity index (χ2v) is 5.32. The van der Waals surface area contributed by atoms with E-state index in [1.54, 1.807) is 17.0 Å². The van der Waals surface area contributed by atoms with Crippen molar-refractivity contribution in [3.8, 4) is 5.75 Å². The van der Waals surface area contributed by atoms with Crippen LogP contribution in [0.15, 0.2) is 30.0 Å². The van der Waals surface area contributed by atoms with Gasteiger partial charge in [-0.3, -0.25) is 4.79 Å². The summed E-state index contributed by atoms with van der Waals surface area (Å²) in [6.07, 6.45) is 4.97. The number of phenolic OH excluding ortho intramolecular Hbond substituents is 1. The molecule has 5 nitrogen and oxygen atoms in total. The molecule has 1 aliphatic carbocycles. The van der Waals surface area contributed by atoms with Gasteiger partial charge in [0.05, 0.1) is 0 Å². The van der Waals surface area contributed by atoms with Crippen molar-refractivity contribution in [3.63, 3.8) is 0 Å². The van der Waals surface area contributed by atoms with Crippen molar-refractivity contribution in [2.24, 2.45) is 0 Å². The molecule has 5 heteroatoms. The van der Waals surface area contributed by atoms with Gasteiger partial charge in [-0.2, -0.15) is 0 Å². The number of benzene rings is 1. The number of carbonyl (C=O) groups is 2. The standard InChI is InChI=1S/C17H21NO4/c1-3-18(13-6-4-5-7-13)16(20)11-22-17(21)14-10-12(2)8-9-15(14)19/h6,8-10,19H,3-5,7,11H2,1-2H3. The molecule has 118 valence electrons. The normalized spacial score (nSPS) is 13.6. The predicted octanol–water partition coefficient (Wildman–Crippen LogP) is 2.77. The maximum absolute atomic E-state index is 12.2. The fraction of sp³-hybridized carbons (Fsp3) is 0.412. The first-order valence-corrected chi connectivity index (χ1v) is 7.49. The molecule has 1 amide bonds. The van der Waals surface area contributed by atoms with E-state index in [2.05, 4.69) is 6.08 Å². The van der Waals surface area contributed by atoms with Crippen LogP contribution < -0.4 is 0 Å². The van der Waals surface area contributed by atoms with Gasteiger partial charge in [0.1, 0.15) is 11.3 Å². The van der Waals surface area contributed by atoms with E-state index in [1.807, 2.05) is 13.8 Å². The van der Waals surface area contributed by atoms with Gasteiger partial charge in [0.2, 0.25) is 0 Å². The van der Waals surface area contributed by atoms with Gasteiger partial charge in [0, 0.05) is 12.2 Å². The Kier molecular flexibility index (Phi) is 5.20. The number of amides is 1. The van der Waals surface area contributed by atoms with E-state index in [4.69, 9.17) is 4.74 Å². The minimum atomic E-state index is -0.689. The maximum atomic E-state index is 12.2. The lowest BCUT2D eigenvalue weighted by Crippen LogP contribution is -2.33. The zero-order valence-electron chi connectivity index (χ0n) is 13.0. The third-order valence-corrected chi connectivity index (χ3v) is 3.68. The molecule has 0 aromatic heterocycles. The van der Waals surface area contributed by atoms with E-state index in [1.165, 1.54) is 6.07 Å². The number of nitrogens with zero attached hydrogens (tertiary/aromatic N) is 1. The Balaban J connectivity index is 1.98. The smallest absolute Gasteiger partial charge is 0.342 e. The number of rotatable bonds is 5. The van der Waals surface area contributed by atoms with E-state index in [-0.39, 0.29) is 23.8 Å². The summed E-state index contributed by atoms with van der Waals surface area (Å²) in [4.78, 5) is 25.8.